The summed E-state index contributed by atoms with van der Waals surface area (Å²) in [6.07, 6.45) is -3.19. The van der Waals surface area contributed by atoms with Gasteiger partial charge in [0, 0.05) is 37.4 Å². The lowest BCUT2D eigenvalue weighted by atomic mass is 10.2. The highest BCUT2D eigenvalue weighted by Crippen LogP contribution is 2.37. The van der Waals surface area contributed by atoms with Crippen molar-refractivity contribution >= 4 is 27.4 Å². The van der Waals surface area contributed by atoms with E-state index < -0.39 is 26.7 Å². The molecule has 26 heavy (non-hydrogen) atoms. The summed E-state index contributed by atoms with van der Waals surface area (Å²) in [4.78, 5) is 5.31. The zero-order valence-electron chi connectivity index (χ0n) is 13.4. The summed E-state index contributed by atoms with van der Waals surface area (Å²) >= 11 is 5.62. The van der Waals surface area contributed by atoms with E-state index in [2.05, 4.69) is 4.98 Å². The van der Waals surface area contributed by atoms with Gasteiger partial charge in [-0.05, 0) is 30.3 Å². The van der Waals surface area contributed by atoms with E-state index in [-0.39, 0.29) is 18.1 Å². The van der Waals surface area contributed by atoms with Crippen LogP contribution in [0.1, 0.15) is 5.56 Å². The Labute approximate surface area is 154 Å². The monoisotopic (exact) mass is 405 g/mol. The van der Waals surface area contributed by atoms with E-state index in [1.54, 1.807) is 18.3 Å². The molecule has 10 heteroatoms. The molecule has 0 amide bonds. The van der Waals surface area contributed by atoms with Gasteiger partial charge >= 0.3 is 6.18 Å². The molecular weight excluding hydrogens is 391 g/mol. The molecule has 0 radical (unpaired) electrons. The Bertz CT molecular complexity index is 883. The quantitative estimate of drug-likeness (QED) is 0.786. The van der Waals surface area contributed by atoms with Crippen LogP contribution in [0.3, 0.4) is 0 Å². The maximum Gasteiger partial charge on any atom is 0.417 e. The lowest BCUT2D eigenvalue weighted by molar-refractivity contribution is -0.139. The van der Waals surface area contributed by atoms with E-state index in [9.17, 15) is 21.6 Å². The zero-order valence-corrected chi connectivity index (χ0v) is 15.0. The first-order valence-electron chi connectivity index (χ1n) is 7.72. The number of pyridine rings is 1. The number of hydrogen-bond acceptors (Lipinski definition) is 4. The third-order valence-corrected chi connectivity index (χ3v) is 6.27. The van der Waals surface area contributed by atoms with Crippen molar-refractivity contribution in [1.29, 1.82) is 0 Å². The first kappa shape index (κ1) is 18.9. The summed E-state index contributed by atoms with van der Waals surface area (Å²) in [6, 6.07) is 8.07. The number of anilines is 1. The van der Waals surface area contributed by atoms with E-state index in [1.165, 1.54) is 0 Å². The molecule has 0 unspecified atom stereocenters. The molecule has 1 saturated heterocycles. The molecule has 140 valence electrons. The van der Waals surface area contributed by atoms with Crippen LogP contribution in [0.15, 0.2) is 47.5 Å². The Morgan fingerprint density at radius 1 is 1.04 bits per heavy atom. The highest BCUT2D eigenvalue weighted by Gasteiger charge is 2.40. The van der Waals surface area contributed by atoms with Gasteiger partial charge in [0.25, 0.3) is 0 Å². The first-order chi connectivity index (χ1) is 12.2. The molecule has 2 aromatic rings. The van der Waals surface area contributed by atoms with Crippen molar-refractivity contribution in [3.8, 4) is 0 Å². The van der Waals surface area contributed by atoms with Crippen LogP contribution >= 0.6 is 11.6 Å². The van der Waals surface area contributed by atoms with Crippen LogP contribution in [0.4, 0.5) is 19.0 Å². The average Bonchev–Trinajstić information content (AvgIpc) is 2.61. The van der Waals surface area contributed by atoms with Crippen LogP contribution < -0.4 is 4.90 Å². The van der Waals surface area contributed by atoms with Crippen LogP contribution in [-0.2, 0) is 16.2 Å². The molecule has 0 atom stereocenters. The molecule has 1 aromatic heterocycles. The Morgan fingerprint density at radius 2 is 1.73 bits per heavy atom. The second-order valence-corrected chi connectivity index (χ2v) is 8.06. The predicted octanol–water partition coefficient (Wildman–Crippen LogP) is 3.26. The third-order valence-electron chi connectivity index (χ3n) is 4.08. The second-order valence-electron chi connectivity index (χ2n) is 5.72. The molecule has 1 aliphatic rings. The minimum absolute atomic E-state index is 0.0683. The number of alkyl halides is 3. The van der Waals surface area contributed by atoms with Crippen molar-refractivity contribution in [3.05, 3.63) is 53.2 Å². The van der Waals surface area contributed by atoms with Crippen molar-refractivity contribution in [1.82, 2.24) is 9.29 Å². The Morgan fingerprint density at radius 3 is 2.31 bits per heavy atom. The van der Waals surface area contributed by atoms with E-state index in [4.69, 9.17) is 11.6 Å². The van der Waals surface area contributed by atoms with Gasteiger partial charge in [0.05, 0.1) is 10.5 Å². The third kappa shape index (κ3) is 3.79. The first-order valence-corrected chi connectivity index (χ1v) is 9.54. The van der Waals surface area contributed by atoms with Crippen LogP contribution in [-0.4, -0.2) is 43.9 Å². The summed E-state index contributed by atoms with van der Waals surface area (Å²) in [6.45, 7) is 0.814. The largest absolute Gasteiger partial charge is 0.417 e. The maximum atomic E-state index is 13.3. The van der Waals surface area contributed by atoms with Gasteiger partial charge in [-0.2, -0.15) is 17.5 Å². The number of rotatable bonds is 3. The minimum Gasteiger partial charge on any atom is -0.354 e. The minimum atomic E-state index is -4.82. The summed E-state index contributed by atoms with van der Waals surface area (Å²) in [7, 11) is -4.29. The maximum absolute atomic E-state index is 13.3. The number of piperazine rings is 1. The van der Waals surface area contributed by atoms with Gasteiger partial charge in [-0.3, -0.25) is 0 Å². The lowest BCUT2D eigenvalue weighted by Gasteiger charge is -2.35. The molecule has 0 aliphatic carbocycles. The lowest BCUT2D eigenvalue weighted by Crippen LogP contribution is -2.49. The smallest absolute Gasteiger partial charge is 0.354 e. The molecule has 0 spiro atoms. The fourth-order valence-corrected chi connectivity index (χ4v) is 4.57. The molecule has 3 rings (SSSR count). The SMILES string of the molecule is O=S(=O)(c1ccc(Cl)cc1C(F)(F)F)N1CCN(c2ccccn2)CC1. The molecule has 5 nitrogen and oxygen atoms in total. The topological polar surface area (TPSA) is 53.5 Å². The Hall–Kier alpha value is -1.84. The van der Waals surface area contributed by atoms with E-state index in [1.807, 2.05) is 11.0 Å². The van der Waals surface area contributed by atoms with E-state index >= 15 is 0 Å². The van der Waals surface area contributed by atoms with Gasteiger partial charge in [-0.15, -0.1) is 0 Å². The molecule has 0 bridgehead atoms. The van der Waals surface area contributed by atoms with Gasteiger partial charge in [-0.1, -0.05) is 17.7 Å². The van der Waals surface area contributed by atoms with Crippen molar-refractivity contribution in [2.24, 2.45) is 0 Å². The number of aromatic nitrogens is 1. The zero-order chi connectivity index (χ0) is 18.9. The van der Waals surface area contributed by atoms with Gasteiger partial charge in [0.15, 0.2) is 0 Å². The van der Waals surface area contributed by atoms with Crippen LogP contribution in [0, 0.1) is 0 Å². The summed E-state index contributed by atoms with van der Waals surface area (Å²) < 4.78 is 66.3. The van der Waals surface area contributed by atoms with Gasteiger partial charge in [0.1, 0.15) is 5.82 Å². The van der Waals surface area contributed by atoms with E-state index in [0.29, 0.717) is 25.0 Å². The van der Waals surface area contributed by atoms with Gasteiger partial charge in [-0.25, -0.2) is 13.4 Å². The normalized spacial score (nSPS) is 16.7. The number of nitrogens with zero attached hydrogens (tertiary/aromatic N) is 3. The fraction of sp³-hybridized carbons (Fsp3) is 0.312. The van der Waals surface area contributed by atoms with Crippen molar-refractivity contribution in [2.75, 3.05) is 31.1 Å². The molecule has 1 aliphatic heterocycles. The number of sulfonamides is 1. The average molecular weight is 406 g/mol. The molecule has 1 aromatic carbocycles. The molecule has 1 fully saturated rings. The van der Waals surface area contributed by atoms with Crippen molar-refractivity contribution < 1.29 is 21.6 Å². The second kappa shape index (κ2) is 7.05. The molecular formula is C16H15ClF3N3O2S. The highest BCUT2D eigenvalue weighted by atomic mass is 35.5. The highest BCUT2D eigenvalue weighted by molar-refractivity contribution is 7.89. The van der Waals surface area contributed by atoms with Crippen molar-refractivity contribution in [3.63, 3.8) is 0 Å². The number of hydrogen-bond donors (Lipinski definition) is 0. The molecule has 0 N–H and O–H groups in total. The fourth-order valence-electron chi connectivity index (χ4n) is 2.79. The van der Waals surface area contributed by atoms with Crippen LogP contribution in [0.5, 0.6) is 0 Å². The molecule has 0 saturated carbocycles. The number of benzene rings is 1. The Kier molecular flexibility index (Phi) is 5.14. The summed E-state index contributed by atoms with van der Waals surface area (Å²) in [5, 5.41) is -0.170. The van der Waals surface area contributed by atoms with Crippen molar-refractivity contribution in [2.45, 2.75) is 11.1 Å². The van der Waals surface area contributed by atoms with Crippen LogP contribution in [0.2, 0.25) is 5.02 Å². The van der Waals surface area contributed by atoms with Gasteiger partial charge < -0.3 is 4.90 Å². The number of halogens is 4. The van der Waals surface area contributed by atoms with Crippen LogP contribution in [0.25, 0.3) is 0 Å². The van der Waals surface area contributed by atoms with Gasteiger partial charge in [0.2, 0.25) is 10.0 Å². The molecule has 2 heterocycles. The standard InChI is InChI=1S/C16H15ClF3N3O2S/c17-12-4-5-14(13(11-12)16(18,19)20)26(24,25)23-9-7-22(8-10-23)15-3-1-2-6-21-15/h1-6,11H,7-10H2. The summed E-state index contributed by atoms with van der Waals surface area (Å²) in [5.74, 6) is 0.701. The van der Waals surface area contributed by atoms with E-state index in [0.717, 1.165) is 16.4 Å². The predicted molar refractivity (Wildman–Crippen MR) is 91.7 cm³/mol. The summed E-state index contributed by atoms with van der Waals surface area (Å²) in [5.41, 5.74) is -1.25. The Balaban J connectivity index is 1.85.